The Morgan fingerprint density at radius 1 is 1.24 bits per heavy atom. The van der Waals surface area contributed by atoms with Crippen LogP contribution >= 0.6 is 0 Å². The Labute approximate surface area is 101 Å². The molecule has 1 aromatic carbocycles. The van der Waals surface area contributed by atoms with Gasteiger partial charge in [-0.25, -0.2) is 0 Å². The first-order valence-electron chi connectivity index (χ1n) is 5.85. The first kappa shape index (κ1) is 11.8. The normalized spacial score (nSPS) is 10.7. The van der Waals surface area contributed by atoms with Crippen LogP contribution in [0, 0.1) is 6.92 Å². The van der Waals surface area contributed by atoms with Gasteiger partial charge < -0.3 is 10.3 Å². The highest BCUT2D eigenvalue weighted by Gasteiger charge is 2.06. The SMILES string of the molecule is Cc1ccc(Cc2nc(CCCN)no2)cc1. The fourth-order valence-electron chi connectivity index (χ4n) is 1.60. The van der Waals surface area contributed by atoms with E-state index < -0.39 is 0 Å². The molecule has 0 bridgehead atoms. The van der Waals surface area contributed by atoms with Gasteiger partial charge in [0.25, 0.3) is 0 Å². The quantitative estimate of drug-likeness (QED) is 0.853. The number of rotatable bonds is 5. The van der Waals surface area contributed by atoms with Crippen molar-refractivity contribution in [1.82, 2.24) is 10.1 Å². The smallest absolute Gasteiger partial charge is 0.231 e. The molecule has 1 aromatic heterocycles. The van der Waals surface area contributed by atoms with Crippen molar-refractivity contribution in [2.24, 2.45) is 5.73 Å². The van der Waals surface area contributed by atoms with Crippen molar-refractivity contribution in [3.05, 3.63) is 47.1 Å². The fraction of sp³-hybridized carbons (Fsp3) is 0.385. The molecule has 17 heavy (non-hydrogen) atoms. The van der Waals surface area contributed by atoms with Gasteiger partial charge in [0, 0.05) is 6.42 Å². The van der Waals surface area contributed by atoms with Gasteiger partial charge in [0.2, 0.25) is 5.89 Å². The van der Waals surface area contributed by atoms with E-state index >= 15 is 0 Å². The molecule has 0 aliphatic carbocycles. The van der Waals surface area contributed by atoms with Crippen LogP contribution in [0.5, 0.6) is 0 Å². The Morgan fingerprint density at radius 2 is 2.00 bits per heavy atom. The van der Waals surface area contributed by atoms with Crippen molar-refractivity contribution in [3.8, 4) is 0 Å². The minimum Gasteiger partial charge on any atom is -0.339 e. The Morgan fingerprint density at radius 3 is 2.71 bits per heavy atom. The van der Waals surface area contributed by atoms with Crippen LogP contribution in [0.4, 0.5) is 0 Å². The summed E-state index contributed by atoms with van der Waals surface area (Å²) in [5, 5.41) is 3.93. The molecule has 0 radical (unpaired) electrons. The number of hydrogen-bond donors (Lipinski definition) is 1. The van der Waals surface area contributed by atoms with Gasteiger partial charge in [0.15, 0.2) is 5.82 Å². The maximum Gasteiger partial charge on any atom is 0.231 e. The highest BCUT2D eigenvalue weighted by atomic mass is 16.5. The summed E-state index contributed by atoms with van der Waals surface area (Å²) in [5.41, 5.74) is 7.87. The summed E-state index contributed by atoms with van der Waals surface area (Å²) in [7, 11) is 0. The summed E-state index contributed by atoms with van der Waals surface area (Å²) in [6, 6.07) is 8.33. The predicted octanol–water partition coefficient (Wildman–Crippen LogP) is 1.86. The molecule has 90 valence electrons. The van der Waals surface area contributed by atoms with Gasteiger partial charge in [-0.3, -0.25) is 0 Å². The third-order valence-corrected chi connectivity index (χ3v) is 2.59. The van der Waals surface area contributed by atoms with Crippen molar-refractivity contribution >= 4 is 0 Å². The minimum absolute atomic E-state index is 0.655. The van der Waals surface area contributed by atoms with Crippen LogP contribution in [-0.2, 0) is 12.8 Å². The Bertz CT molecular complexity index is 462. The monoisotopic (exact) mass is 231 g/mol. The molecule has 0 fully saturated rings. The molecular formula is C13H17N3O. The lowest BCUT2D eigenvalue weighted by molar-refractivity contribution is 0.379. The molecule has 0 amide bonds. The van der Waals surface area contributed by atoms with Gasteiger partial charge in [-0.05, 0) is 25.5 Å². The zero-order valence-corrected chi connectivity index (χ0v) is 10.0. The summed E-state index contributed by atoms with van der Waals surface area (Å²) in [6.45, 7) is 2.73. The van der Waals surface area contributed by atoms with Crippen molar-refractivity contribution in [2.75, 3.05) is 6.54 Å². The highest BCUT2D eigenvalue weighted by molar-refractivity contribution is 5.23. The van der Waals surface area contributed by atoms with Crippen LogP contribution in [0.2, 0.25) is 0 Å². The molecule has 2 N–H and O–H groups in total. The highest BCUT2D eigenvalue weighted by Crippen LogP contribution is 2.09. The second-order valence-electron chi connectivity index (χ2n) is 4.16. The number of benzene rings is 1. The van der Waals surface area contributed by atoms with E-state index in [9.17, 15) is 0 Å². The standard InChI is InChI=1S/C13H17N3O/c1-10-4-6-11(7-5-10)9-13-15-12(16-17-13)3-2-8-14/h4-7H,2-3,8-9,14H2,1H3. The van der Waals surface area contributed by atoms with E-state index in [1.54, 1.807) is 0 Å². The van der Waals surface area contributed by atoms with Crippen LogP contribution in [0.3, 0.4) is 0 Å². The molecule has 2 rings (SSSR count). The molecular weight excluding hydrogens is 214 g/mol. The van der Waals surface area contributed by atoms with Gasteiger partial charge in [-0.1, -0.05) is 35.0 Å². The summed E-state index contributed by atoms with van der Waals surface area (Å²) in [4.78, 5) is 4.33. The number of hydrogen-bond acceptors (Lipinski definition) is 4. The molecule has 0 unspecified atom stereocenters. The average Bonchev–Trinajstić information content (AvgIpc) is 2.77. The van der Waals surface area contributed by atoms with Crippen LogP contribution in [-0.4, -0.2) is 16.7 Å². The van der Waals surface area contributed by atoms with Gasteiger partial charge in [-0.15, -0.1) is 0 Å². The second-order valence-corrected chi connectivity index (χ2v) is 4.16. The molecule has 4 heteroatoms. The molecule has 0 saturated heterocycles. The first-order valence-corrected chi connectivity index (χ1v) is 5.85. The van der Waals surface area contributed by atoms with Crippen molar-refractivity contribution in [2.45, 2.75) is 26.2 Å². The molecule has 0 aliphatic rings. The summed E-state index contributed by atoms with van der Waals surface area (Å²) >= 11 is 0. The van der Waals surface area contributed by atoms with E-state index in [0.717, 1.165) is 18.7 Å². The predicted molar refractivity (Wildman–Crippen MR) is 65.7 cm³/mol. The van der Waals surface area contributed by atoms with Crippen LogP contribution in [0.25, 0.3) is 0 Å². The van der Waals surface area contributed by atoms with E-state index in [0.29, 0.717) is 18.9 Å². The fourth-order valence-corrected chi connectivity index (χ4v) is 1.60. The lowest BCUT2D eigenvalue weighted by atomic mass is 10.1. The van der Waals surface area contributed by atoms with E-state index in [1.165, 1.54) is 11.1 Å². The molecule has 0 saturated carbocycles. The van der Waals surface area contributed by atoms with Gasteiger partial charge in [-0.2, -0.15) is 4.98 Å². The maximum absolute atomic E-state index is 5.43. The minimum atomic E-state index is 0.655. The largest absolute Gasteiger partial charge is 0.339 e. The number of nitrogens with zero attached hydrogens (tertiary/aromatic N) is 2. The third-order valence-electron chi connectivity index (χ3n) is 2.59. The molecule has 0 spiro atoms. The zero-order valence-electron chi connectivity index (χ0n) is 10.0. The van der Waals surface area contributed by atoms with E-state index in [2.05, 4.69) is 41.3 Å². The molecule has 4 nitrogen and oxygen atoms in total. The zero-order chi connectivity index (χ0) is 12.1. The molecule has 0 atom stereocenters. The average molecular weight is 231 g/mol. The topological polar surface area (TPSA) is 64.9 Å². The molecule has 0 aliphatic heterocycles. The van der Waals surface area contributed by atoms with Gasteiger partial charge in [0.1, 0.15) is 0 Å². The number of nitrogens with two attached hydrogens (primary N) is 1. The Kier molecular flexibility index (Phi) is 3.88. The van der Waals surface area contributed by atoms with Crippen LogP contribution in [0.1, 0.15) is 29.3 Å². The second kappa shape index (κ2) is 5.59. The first-order chi connectivity index (χ1) is 8.28. The lowest BCUT2D eigenvalue weighted by Gasteiger charge is -1.96. The van der Waals surface area contributed by atoms with Crippen molar-refractivity contribution < 1.29 is 4.52 Å². The number of aryl methyl sites for hydroxylation is 2. The van der Waals surface area contributed by atoms with E-state index in [-0.39, 0.29) is 0 Å². The summed E-state index contributed by atoms with van der Waals surface area (Å²) < 4.78 is 5.19. The molecule has 2 aromatic rings. The van der Waals surface area contributed by atoms with Gasteiger partial charge in [0.05, 0.1) is 6.42 Å². The van der Waals surface area contributed by atoms with Crippen LogP contribution < -0.4 is 5.73 Å². The van der Waals surface area contributed by atoms with E-state index in [1.807, 2.05) is 0 Å². The van der Waals surface area contributed by atoms with Crippen LogP contribution in [0.15, 0.2) is 28.8 Å². The van der Waals surface area contributed by atoms with Gasteiger partial charge >= 0.3 is 0 Å². The lowest BCUT2D eigenvalue weighted by Crippen LogP contribution is -2.01. The third kappa shape index (κ3) is 3.39. The maximum atomic E-state index is 5.43. The molecule has 1 heterocycles. The summed E-state index contributed by atoms with van der Waals surface area (Å²) in [6.07, 6.45) is 2.37. The Hall–Kier alpha value is -1.68. The van der Waals surface area contributed by atoms with Crippen molar-refractivity contribution in [1.29, 1.82) is 0 Å². The van der Waals surface area contributed by atoms with Crippen molar-refractivity contribution in [3.63, 3.8) is 0 Å². The Balaban J connectivity index is 1.98. The summed E-state index contributed by atoms with van der Waals surface area (Å²) in [5.74, 6) is 1.42. The number of aromatic nitrogens is 2. The van der Waals surface area contributed by atoms with E-state index in [4.69, 9.17) is 10.3 Å².